The Hall–Kier alpha value is 0.771. The molecule has 98 valence electrons. The van der Waals surface area contributed by atoms with Crippen LogP contribution < -0.4 is 0 Å². The SMILES string of the molecule is CCC(C)[O][Ti]([OH])([OH])[O][Si](CC)(CC)CC. The average molecular weight is 286 g/mol. The van der Waals surface area contributed by atoms with Gasteiger partial charge in [0.05, 0.1) is 0 Å². The number of rotatable bonds is 8. The molecule has 0 bridgehead atoms. The molecular formula is C10H26O4SiTi. The first kappa shape index (κ1) is 16.8. The zero-order valence-corrected chi connectivity index (χ0v) is 13.7. The summed E-state index contributed by atoms with van der Waals surface area (Å²) in [4.78, 5) is 0. The fourth-order valence-corrected chi connectivity index (χ4v) is 10.1. The van der Waals surface area contributed by atoms with E-state index in [-0.39, 0.29) is 6.10 Å². The van der Waals surface area contributed by atoms with Crippen LogP contribution >= 0.6 is 0 Å². The first-order valence-electron chi connectivity index (χ1n) is 6.17. The zero-order chi connectivity index (χ0) is 12.8. The molecule has 0 amide bonds. The molecule has 0 fully saturated rings. The van der Waals surface area contributed by atoms with Gasteiger partial charge in [-0.2, -0.15) is 0 Å². The second kappa shape index (κ2) is 7.26. The van der Waals surface area contributed by atoms with Gasteiger partial charge in [0.25, 0.3) is 0 Å². The monoisotopic (exact) mass is 286 g/mol. The van der Waals surface area contributed by atoms with E-state index >= 15 is 0 Å². The summed E-state index contributed by atoms with van der Waals surface area (Å²) in [5, 5.41) is 0. The third kappa shape index (κ3) is 5.40. The van der Waals surface area contributed by atoms with Crippen LogP contribution in [0.1, 0.15) is 41.0 Å². The fourth-order valence-electron chi connectivity index (χ4n) is 1.62. The predicted octanol–water partition coefficient (Wildman–Crippen LogP) is 2.62. The fraction of sp³-hybridized carbons (Fsp3) is 1.00. The van der Waals surface area contributed by atoms with Crippen molar-refractivity contribution in [3.63, 3.8) is 0 Å². The molecule has 0 saturated carbocycles. The predicted molar refractivity (Wildman–Crippen MR) is 63.6 cm³/mol. The molecule has 0 aromatic heterocycles. The van der Waals surface area contributed by atoms with Crippen LogP contribution in [0.25, 0.3) is 0 Å². The third-order valence-corrected chi connectivity index (χ3v) is 12.2. The molecule has 0 rings (SSSR count). The average Bonchev–Trinajstić information content (AvgIpc) is 2.25. The van der Waals surface area contributed by atoms with Crippen molar-refractivity contribution in [2.45, 2.75) is 65.3 Å². The topological polar surface area (TPSA) is 58.9 Å². The van der Waals surface area contributed by atoms with E-state index in [2.05, 4.69) is 20.8 Å². The molecule has 4 nitrogen and oxygen atoms in total. The van der Waals surface area contributed by atoms with E-state index in [0.717, 1.165) is 24.6 Å². The molecule has 0 spiro atoms. The van der Waals surface area contributed by atoms with Crippen molar-refractivity contribution in [3.8, 4) is 0 Å². The van der Waals surface area contributed by atoms with E-state index in [1.54, 1.807) is 0 Å². The standard InChI is InChI=1S/C6H15OSi.C4H9O.2H2O.Ti/c1-4-8(7,5-2)6-3;1-3-4(2)5;;;/h4-6H2,1-3H3;4H,3H2,1-2H3;2*1H2;/q2*-1;;;+4/p-2. The number of hydrogen-bond acceptors (Lipinski definition) is 4. The van der Waals surface area contributed by atoms with E-state index in [1.165, 1.54) is 0 Å². The van der Waals surface area contributed by atoms with Crippen molar-refractivity contribution in [3.05, 3.63) is 0 Å². The summed E-state index contributed by atoms with van der Waals surface area (Å²) in [5.41, 5.74) is 0. The summed E-state index contributed by atoms with van der Waals surface area (Å²) >= 11 is -4.45. The van der Waals surface area contributed by atoms with Crippen molar-refractivity contribution >= 4 is 8.32 Å². The quantitative estimate of drug-likeness (QED) is 0.673. The Balaban J connectivity index is 4.52. The Bertz CT molecular complexity index is 189. The molecule has 0 heterocycles. The Kier molecular flexibility index (Phi) is 7.61. The molecule has 0 radical (unpaired) electrons. The summed E-state index contributed by atoms with van der Waals surface area (Å²) in [6, 6.07) is 2.70. The van der Waals surface area contributed by atoms with Crippen LogP contribution in [0.3, 0.4) is 0 Å². The Labute approximate surface area is 105 Å². The number of hydrogen-bond donors (Lipinski definition) is 2. The van der Waals surface area contributed by atoms with Crippen molar-refractivity contribution < 1.29 is 31.8 Å². The molecule has 2 N–H and O–H groups in total. The maximum atomic E-state index is 9.88. The van der Waals surface area contributed by atoms with Crippen LogP contribution in [0.4, 0.5) is 0 Å². The van der Waals surface area contributed by atoms with Gasteiger partial charge >= 0.3 is 105 Å². The summed E-state index contributed by atoms with van der Waals surface area (Å²) in [6.07, 6.45) is 0.614. The molecule has 0 saturated heterocycles. The van der Waals surface area contributed by atoms with Crippen LogP contribution in [0.2, 0.25) is 18.1 Å². The van der Waals surface area contributed by atoms with Crippen LogP contribution in [-0.2, 0) is 24.5 Å². The normalized spacial score (nSPS) is 15.2. The molecule has 0 aliphatic rings. The molecule has 1 atom stereocenters. The van der Waals surface area contributed by atoms with Gasteiger partial charge in [0.1, 0.15) is 0 Å². The van der Waals surface area contributed by atoms with Gasteiger partial charge in [-0.05, 0) is 0 Å². The Morgan fingerprint density at radius 3 is 1.81 bits per heavy atom. The van der Waals surface area contributed by atoms with E-state index in [0.29, 0.717) is 0 Å². The first-order chi connectivity index (χ1) is 7.34. The van der Waals surface area contributed by atoms with Gasteiger partial charge in [-0.25, -0.2) is 0 Å². The van der Waals surface area contributed by atoms with Crippen LogP contribution in [0.5, 0.6) is 0 Å². The van der Waals surface area contributed by atoms with E-state index in [9.17, 15) is 7.38 Å². The molecule has 0 aliphatic carbocycles. The second-order valence-electron chi connectivity index (χ2n) is 4.23. The molecular weight excluding hydrogens is 260 g/mol. The minimum atomic E-state index is -4.45. The van der Waals surface area contributed by atoms with Gasteiger partial charge in [-0.1, -0.05) is 0 Å². The molecule has 0 aliphatic heterocycles. The molecule has 1 unspecified atom stereocenters. The summed E-state index contributed by atoms with van der Waals surface area (Å²) in [7, 11) is -1.97. The summed E-state index contributed by atoms with van der Waals surface area (Å²) in [5.74, 6) is 0. The summed E-state index contributed by atoms with van der Waals surface area (Å²) in [6.45, 7) is 9.96. The van der Waals surface area contributed by atoms with Gasteiger partial charge in [-0.3, -0.25) is 0 Å². The van der Waals surface area contributed by atoms with Gasteiger partial charge < -0.3 is 0 Å². The van der Waals surface area contributed by atoms with Crippen molar-refractivity contribution in [1.29, 1.82) is 0 Å². The van der Waals surface area contributed by atoms with Crippen molar-refractivity contribution in [2.75, 3.05) is 0 Å². The van der Waals surface area contributed by atoms with E-state index in [4.69, 9.17) is 6.33 Å². The minimum absolute atomic E-state index is 0.146. The van der Waals surface area contributed by atoms with Crippen molar-refractivity contribution in [2.24, 2.45) is 0 Å². The van der Waals surface area contributed by atoms with Gasteiger partial charge in [0.15, 0.2) is 0 Å². The van der Waals surface area contributed by atoms with Gasteiger partial charge in [0, 0.05) is 0 Å². The Morgan fingerprint density at radius 1 is 1.06 bits per heavy atom. The Morgan fingerprint density at radius 2 is 1.50 bits per heavy atom. The van der Waals surface area contributed by atoms with Gasteiger partial charge in [0.2, 0.25) is 0 Å². The van der Waals surface area contributed by atoms with Gasteiger partial charge in [-0.15, -0.1) is 0 Å². The molecule has 16 heavy (non-hydrogen) atoms. The second-order valence-corrected chi connectivity index (χ2v) is 12.0. The van der Waals surface area contributed by atoms with Crippen LogP contribution in [-0.4, -0.2) is 21.8 Å². The molecule has 6 heteroatoms. The van der Waals surface area contributed by atoms with Crippen LogP contribution in [0.15, 0.2) is 0 Å². The van der Waals surface area contributed by atoms with Crippen LogP contribution in [0, 0.1) is 0 Å². The molecule has 0 aromatic rings. The van der Waals surface area contributed by atoms with E-state index in [1.807, 2.05) is 13.8 Å². The summed E-state index contributed by atoms with van der Waals surface area (Å²) < 4.78 is 30.7. The molecule has 0 aromatic carbocycles. The van der Waals surface area contributed by atoms with Crippen molar-refractivity contribution in [1.82, 2.24) is 0 Å². The van der Waals surface area contributed by atoms with E-state index < -0.39 is 26.5 Å². The first-order valence-corrected chi connectivity index (χ1v) is 11.4. The third-order valence-electron chi connectivity index (χ3n) is 3.21. The zero-order valence-electron chi connectivity index (χ0n) is 11.1. The maximum absolute atomic E-state index is 9.88.